The van der Waals surface area contributed by atoms with Crippen LogP contribution in [0.2, 0.25) is 10.0 Å². The highest BCUT2D eigenvalue weighted by molar-refractivity contribution is 6.43. The molecule has 1 unspecified atom stereocenters. The zero-order valence-electron chi connectivity index (χ0n) is 24.3. The molecule has 0 aliphatic carbocycles. The summed E-state index contributed by atoms with van der Waals surface area (Å²) in [4.78, 5) is 49.8. The summed E-state index contributed by atoms with van der Waals surface area (Å²) in [5.74, 6) is -1.26. The summed E-state index contributed by atoms with van der Waals surface area (Å²) in [6, 6.07) is 7.80. The molecule has 11 nitrogen and oxygen atoms in total. The van der Waals surface area contributed by atoms with E-state index >= 15 is 4.39 Å². The number of amides is 3. The molecule has 2 fully saturated rings. The predicted octanol–water partition coefficient (Wildman–Crippen LogP) is 4.38. The standard InChI is InChI=1S/C31H29Cl2FN8O3/c1-31(36-13-16-11-17-15-42(30(45)24(17)20(34)12-16)21-5-6-23(43)38-29(21)44)7-9-41(10-8-31)22-14-35-27-26(39-40-28(27)37-22)18-3-2-4-19(32)25(18)33/h2-4,11-12,14,21,36H,5-10,13,15H2,1H3,(H,37,39,40)(H,38,43,44). The lowest BCUT2D eigenvalue weighted by molar-refractivity contribution is -0.136. The third-order valence-corrected chi connectivity index (χ3v) is 9.83. The van der Waals surface area contributed by atoms with Crippen LogP contribution in [-0.4, -0.2) is 67.5 Å². The number of rotatable bonds is 6. The van der Waals surface area contributed by atoms with Crippen LogP contribution in [0.15, 0.2) is 36.5 Å². The van der Waals surface area contributed by atoms with Gasteiger partial charge in [0.1, 0.15) is 28.9 Å². The molecule has 3 aliphatic rings. The van der Waals surface area contributed by atoms with Crippen LogP contribution < -0.4 is 15.5 Å². The van der Waals surface area contributed by atoms with Crippen LogP contribution in [0.5, 0.6) is 0 Å². The van der Waals surface area contributed by atoms with Gasteiger partial charge in [-0.1, -0.05) is 41.4 Å². The molecule has 3 N–H and O–H groups in total. The summed E-state index contributed by atoms with van der Waals surface area (Å²) in [5.41, 5.74) is 3.49. The molecule has 2 aromatic carbocycles. The van der Waals surface area contributed by atoms with Crippen molar-refractivity contribution in [1.29, 1.82) is 0 Å². The van der Waals surface area contributed by atoms with Crippen molar-refractivity contribution in [2.75, 3.05) is 18.0 Å². The first-order chi connectivity index (χ1) is 21.6. The monoisotopic (exact) mass is 650 g/mol. The molecule has 232 valence electrons. The molecule has 2 aromatic heterocycles. The van der Waals surface area contributed by atoms with E-state index in [9.17, 15) is 14.4 Å². The third-order valence-electron chi connectivity index (χ3n) is 9.01. The number of carbonyl (C=O) groups is 3. The molecule has 0 saturated carbocycles. The first kappa shape index (κ1) is 29.6. The number of nitrogens with zero attached hydrogens (tertiary/aromatic N) is 5. The number of imide groups is 1. The number of aromatic amines is 1. The van der Waals surface area contributed by atoms with Gasteiger partial charge in [0.05, 0.1) is 21.8 Å². The SMILES string of the molecule is CC1(NCc2cc(F)c3c(c2)CN(C2CCC(=O)NC2=O)C3=O)CCN(c2cnc3c(-c4cccc(Cl)c4Cl)n[nH]c3n2)CC1. The van der Waals surface area contributed by atoms with Crippen LogP contribution >= 0.6 is 23.2 Å². The second-order valence-electron chi connectivity index (χ2n) is 12.0. The molecular weight excluding hydrogens is 622 g/mol. The van der Waals surface area contributed by atoms with Gasteiger partial charge in [-0.2, -0.15) is 5.10 Å². The van der Waals surface area contributed by atoms with Crippen molar-refractivity contribution in [3.05, 3.63) is 69.1 Å². The molecule has 1 atom stereocenters. The number of H-pyrrole nitrogens is 1. The largest absolute Gasteiger partial charge is 0.355 e. The summed E-state index contributed by atoms with van der Waals surface area (Å²) >= 11 is 12.6. The molecule has 14 heteroatoms. The van der Waals surface area contributed by atoms with Gasteiger partial charge in [0.25, 0.3) is 5.91 Å². The summed E-state index contributed by atoms with van der Waals surface area (Å²) in [6.07, 6.45) is 3.75. The predicted molar refractivity (Wildman–Crippen MR) is 166 cm³/mol. The van der Waals surface area contributed by atoms with Crippen molar-refractivity contribution in [2.45, 2.75) is 57.3 Å². The molecule has 4 aromatic rings. The van der Waals surface area contributed by atoms with Crippen molar-refractivity contribution >= 4 is 57.9 Å². The molecule has 45 heavy (non-hydrogen) atoms. The van der Waals surface area contributed by atoms with E-state index in [1.54, 1.807) is 12.3 Å². The topological polar surface area (TPSA) is 136 Å². The molecule has 3 amide bonds. The number of hydrogen-bond donors (Lipinski definition) is 3. The van der Waals surface area contributed by atoms with Gasteiger partial charge in [-0.25, -0.2) is 14.4 Å². The highest BCUT2D eigenvalue weighted by Crippen LogP contribution is 2.36. The Bertz CT molecular complexity index is 1870. The number of aromatic nitrogens is 4. The van der Waals surface area contributed by atoms with E-state index in [1.165, 1.54) is 11.0 Å². The Balaban J connectivity index is 0.994. The van der Waals surface area contributed by atoms with E-state index in [4.69, 9.17) is 28.2 Å². The summed E-state index contributed by atoms with van der Waals surface area (Å²) in [7, 11) is 0. The minimum absolute atomic E-state index is 0.00102. The maximum absolute atomic E-state index is 15.2. The lowest BCUT2D eigenvalue weighted by Crippen LogP contribution is -2.52. The normalized spacial score (nSPS) is 19.7. The van der Waals surface area contributed by atoms with Crippen molar-refractivity contribution in [3.63, 3.8) is 0 Å². The number of piperidine rings is 2. The molecule has 0 radical (unpaired) electrons. The maximum atomic E-state index is 15.2. The summed E-state index contributed by atoms with van der Waals surface area (Å²) in [6.45, 7) is 4.17. The molecule has 7 rings (SSSR count). The second kappa shape index (κ2) is 11.3. The minimum Gasteiger partial charge on any atom is -0.355 e. The quantitative estimate of drug-likeness (QED) is 0.262. The average molecular weight is 652 g/mol. The molecular formula is C31H29Cl2FN8O3. The average Bonchev–Trinajstić information content (AvgIpc) is 3.58. The van der Waals surface area contributed by atoms with Crippen LogP contribution in [0.4, 0.5) is 10.2 Å². The Labute approximate surface area is 267 Å². The van der Waals surface area contributed by atoms with E-state index < -0.39 is 23.7 Å². The fourth-order valence-electron chi connectivity index (χ4n) is 6.36. The first-order valence-electron chi connectivity index (χ1n) is 14.7. The summed E-state index contributed by atoms with van der Waals surface area (Å²) < 4.78 is 15.2. The van der Waals surface area contributed by atoms with Gasteiger partial charge < -0.3 is 15.1 Å². The van der Waals surface area contributed by atoms with Gasteiger partial charge in [-0.3, -0.25) is 24.8 Å². The van der Waals surface area contributed by atoms with Crippen LogP contribution in [0.25, 0.3) is 22.4 Å². The third kappa shape index (κ3) is 5.40. The van der Waals surface area contributed by atoms with Gasteiger partial charge in [0.15, 0.2) is 5.65 Å². The Morgan fingerprint density at radius 3 is 2.73 bits per heavy atom. The number of benzene rings is 2. The smallest absolute Gasteiger partial charge is 0.258 e. The zero-order valence-corrected chi connectivity index (χ0v) is 25.8. The molecule has 0 bridgehead atoms. The van der Waals surface area contributed by atoms with Gasteiger partial charge in [-0.05, 0) is 49.4 Å². The minimum atomic E-state index is -0.783. The Morgan fingerprint density at radius 2 is 1.96 bits per heavy atom. The molecule has 0 spiro atoms. The van der Waals surface area contributed by atoms with Crippen LogP contribution in [0, 0.1) is 5.82 Å². The Hall–Kier alpha value is -4.13. The van der Waals surface area contributed by atoms with Gasteiger partial charge >= 0.3 is 0 Å². The van der Waals surface area contributed by atoms with E-state index in [1.807, 2.05) is 18.2 Å². The molecule has 5 heterocycles. The number of carbonyl (C=O) groups excluding carboxylic acids is 3. The number of anilines is 1. The Morgan fingerprint density at radius 1 is 1.16 bits per heavy atom. The Kier molecular flexibility index (Phi) is 7.46. The van der Waals surface area contributed by atoms with E-state index in [0.29, 0.717) is 44.6 Å². The van der Waals surface area contributed by atoms with Crippen LogP contribution in [0.1, 0.15) is 54.1 Å². The first-order valence-corrected chi connectivity index (χ1v) is 15.5. The van der Waals surface area contributed by atoms with E-state index in [0.717, 1.165) is 37.3 Å². The highest BCUT2D eigenvalue weighted by atomic mass is 35.5. The lowest BCUT2D eigenvalue weighted by atomic mass is 9.89. The van der Waals surface area contributed by atoms with Crippen molar-refractivity contribution < 1.29 is 18.8 Å². The molecule has 2 saturated heterocycles. The fraction of sp³-hybridized carbons (Fsp3) is 0.355. The van der Waals surface area contributed by atoms with Crippen LogP contribution in [-0.2, 0) is 22.7 Å². The number of fused-ring (bicyclic) bond motifs is 2. The number of nitrogens with one attached hydrogen (secondary N) is 3. The second-order valence-corrected chi connectivity index (χ2v) is 12.8. The van der Waals surface area contributed by atoms with Crippen LogP contribution in [0.3, 0.4) is 0 Å². The van der Waals surface area contributed by atoms with Gasteiger partial charge in [0, 0.05) is 43.7 Å². The van der Waals surface area contributed by atoms with Crippen molar-refractivity contribution in [2.24, 2.45) is 0 Å². The maximum Gasteiger partial charge on any atom is 0.258 e. The lowest BCUT2D eigenvalue weighted by Gasteiger charge is -2.40. The van der Waals surface area contributed by atoms with Crippen molar-refractivity contribution in [1.82, 2.24) is 35.7 Å². The van der Waals surface area contributed by atoms with Gasteiger partial charge in [0.2, 0.25) is 11.8 Å². The summed E-state index contributed by atoms with van der Waals surface area (Å²) in [5, 5.41) is 14.1. The number of hydrogen-bond acceptors (Lipinski definition) is 8. The molecule has 3 aliphatic heterocycles. The van der Waals surface area contributed by atoms with E-state index in [-0.39, 0.29) is 36.4 Å². The van der Waals surface area contributed by atoms with E-state index in [2.05, 4.69) is 37.6 Å². The fourth-order valence-corrected chi connectivity index (χ4v) is 6.75. The van der Waals surface area contributed by atoms with Gasteiger partial charge in [-0.15, -0.1) is 0 Å². The number of halogens is 3. The van der Waals surface area contributed by atoms with Crippen molar-refractivity contribution in [3.8, 4) is 11.3 Å². The zero-order chi connectivity index (χ0) is 31.5. The highest BCUT2D eigenvalue weighted by Gasteiger charge is 2.40.